The SMILES string of the molecule is CCC(C)N(C)CCNc1cccc(C(=O)OC)c1N. The molecular weight excluding hydrogens is 254 g/mol. The van der Waals surface area contributed by atoms with E-state index in [0.29, 0.717) is 17.3 Å². The van der Waals surface area contributed by atoms with Gasteiger partial charge in [0.25, 0.3) is 0 Å². The summed E-state index contributed by atoms with van der Waals surface area (Å²) in [5, 5.41) is 3.27. The Labute approximate surface area is 121 Å². The molecule has 0 radical (unpaired) electrons. The van der Waals surface area contributed by atoms with Crippen LogP contribution in [0.15, 0.2) is 18.2 Å². The molecule has 0 amide bonds. The lowest BCUT2D eigenvalue weighted by Gasteiger charge is -2.24. The van der Waals surface area contributed by atoms with Crippen LogP contribution >= 0.6 is 0 Å². The number of ether oxygens (including phenoxy) is 1. The number of nitrogen functional groups attached to an aromatic ring is 1. The average Bonchev–Trinajstić information content (AvgIpc) is 2.47. The third kappa shape index (κ3) is 4.13. The molecular formula is C15H25N3O2. The zero-order chi connectivity index (χ0) is 15.1. The van der Waals surface area contributed by atoms with Crippen molar-refractivity contribution in [3.8, 4) is 0 Å². The summed E-state index contributed by atoms with van der Waals surface area (Å²) in [5.41, 5.74) is 7.59. The molecule has 20 heavy (non-hydrogen) atoms. The van der Waals surface area contributed by atoms with Crippen molar-refractivity contribution in [1.82, 2.24) is 4.90 Å². The van der Waals surface area contributed by atoms with Crippen LogP contribution in [-0.4, -0.2) is 44.2 Å². The van der Waals surface area contributed by atoms with E-state index in [9.17, 15) is 4.79 Å². The van der Waals surface area contributed by atoms with Crippen LogP contribution in [0.2, 0.25) is 0 Å². The Balaban J connectivity index is 2.63. The van der Waals surface area contributed by atoms with Gasteiger partial charge in [0.05, 0.1) is 24.0 Å². The quantitative estimate of drug-likeness (QED) is 0.591. The van der Waals surface area contributed by atoms with Gasteiger partial charge in [-0.25, -0.2) is 4.79 Å². The Morgan fingerprint density at radius 3 is 2.80 bits per heavy atom. The molecule has 1 aromatic rings. The van der Waals surface area contributed by atoms with Gasteiger partial charge in [0, 0.05) is 19.1 Å². The summed E-state index contributed by atoms with van der Waals surface area (Å²) in [5.74, 6) is -0.414. The number of carbonyl (C=O) groups excluding carboxylic acids is 1. The highest BCUT2D eigenvalue weighted by Gasteiger charge is 2.12. The molecule has 0 aliphatic rings. The van der Waals surface area contributed by atoms with Gasteiger partial charge in [0.2, 0.25) is 0 Å². The molecule has 1 rings (SSSR count). The maximum atomic E-state index is 11.6. The van der Waals surface area contributed by atoms with Gasteiger partial charge in [-0.3, -0.25) is 0 Å². The van der Waals surface area contributed by atoms with E-state index in [-0.39, 0.29) is 0 Å². The van der Waals surface area contributed by atoms with Gasteiger partial charge >= 0.3 is 5.97 Å². The number of hydrogen-bond acceptors (Lipinski definition) is 5. The Morgan fingerprint density at radius 2 is 2.20 bits per heavy atom. The number of para-hydroxylation sites is 1. The number of benzene rings is 1. The summed E-state index contributed by atoms with van der Waals surface area (Å²) in [6.45, 7) is 6.06. The smallest absolute Gasteiger partial charge is 0.340 e. The summed E-state index contributed by atoms with van der Waals surface area (Å²) in [6, 6.07) is 5.88. The molecule has 1 unspecified atom stereocenters. The maximum absolute atomic E-state index is 11.6. The van der Waals surface area contributed by atoms with E-state index in [0.717, 1.165) is 25.2 Å². The Morgan fingerprint density at radius 1 is 1.50 bits per heavy atom. The van der Waals surface area contributed by atoms with E-state index in [1.54, 1.807) is 12.1 Å². The summed E-state index contributed by atoms with van der Waals surface area (Å²) in [4.78, 5) is 13.8. The fraction of sp³-hybridized carbons (Fsp3) is 0.533. The predicted octanol–water partition coefficient (Wildman–Crippen LogP) is 2.20. The van der Waals surface area contributed by atoms with Crippen molar-refractivity contribution >= 4 is 17.3 Å². The topological polar surface area (TPSA) is 67.6 Å². The van der Waals surface area contributed by atoms with Crippen LogP contribution in [0.5, 0.6) is 0 Å². The fourth-order valence-corrected chi connectivity index (χ4v) is 1.91. The van der Waals surface area contributed by atoms with Crippen molar-refractivity contribution < 1.29 is 9.53 Å². The summed E-state index contributed by atoms with van der Waals surface area (Å²) in [7, 11) is 3.45. The second-order valence-electron chi connectivity index (χ2n) is 4.92. The molecule has 0 aromatic heterocycles. The Kier molecular flexibility index (Phi) is 6.31. The summed E-state index contributed by atoms with van der Waals surface area (Å²) < 4.78 is 4.71. The Bertz CT molecular complexity index is 449. The first-order valence-corrected chi connectivity index (χ1v) is 6.92. The zero-order valence-electron chi connectivity index (χ0n) is 12.8. The highest BCUT2D eigenvalue weighted by atomic mass is 16.5. The van der Waals surface area contributed by atoms with E-state index in [2.05, 4.69) is 31.1 Å². The highest BCUT2D eigenvalue weighted by molar-refractivity contribution is 5.98. The van der Waals surface area contributed by atoms with Crippen LogP contribution in [-0.2, 0) is 4.74 Å². The highest BCUT2D eigenvalue weighted by Crippen LogP contribution is 2.23. The number of likely N-dealkylation sites (N-methyl/N-ethyl adjacent to an activating group) is 1. The van der Waals surface area contributed by atoms with E-state index >= 15 is 0 Å². The van der Waals surface area contributed by atoms with Crippen LogP contribution in [0.3, 0.4) is 0 Å². The van der Waals surface area contributed by atoms with Gasteiger partial charge in [-0.05, 0) is 32.5 Å². The second-order valence-corrected chi connectivity index (χ2v) is 4.92. The van der Waals surface area contributed by atoms with Gasteiger partial charge in [-0.1, -0.05) is 13.0 Å². The number of rotatable bonds is 7. The Hall–Kier alpha value is -1.75. The first-order valence-electron chi connectivity index (χ1n) is 6.92. The number of nitrogens with two attached hydrogens (primary N) is 1. The molecule has 0 spiro atoms. The molecule has 0 aliphatic carbocycles. The molecule has 1 atom stereocenters. The largest absolute Gasteiger partial charge is 0.465 e. The zero-order valence-corrected chi connectivity index (χ0v) is 12.8. The molecule has 0 fully saturated rings. The maximum Gasteiger partial charge on any atom is 0.340 e. The standard InChI is InChI=1S/C15H25N3O2/c1-5-11(2)18(3)10-9-17-13-8-6-7-12(14(13)16)15(19)20-4/h6-8,11,17H,5,9-10,16H2,1-4H3. The van der Waals surface area contributed by atoms with Crippen LogP contribution in [0.25, 0.3) is 0 Å². The van der Waals surface area contributed by atoms with Crippen LogP contribution in [0.4, 0.5) is 11.4 Å². The number of methoxy groups -OCH3 is 1. The van der Waals surface area contributed by atoms with Crippen molar-refractivity contribution in [3.05, 3.63) is 23.8 Å². The lowest BCUT2D eigenvalue weighted by molar-refractivity contribution is 0.0602. The number of nitrogens with zero attached hydrogens (tertiary/aromatic N) is 1. The molecule has 3 N–H and O–H groups in total. The average molecular weight is 279 g/mol. The molecule has 0 heterocycles. The summed E-state index contributed by atoms with van der Waals surface area (Å²) >= 11 is 0. The van der Waals surface area contributed by atoms with Crippen molar-refractivity contribution in [2.75, 3.05) is 38.3 Å². The second kappa shape index (κ2) is 7.75. The molecule has 112 valence electrons. The van der Waals surface area contributed by atoms with Crippen molar-refractivity contribution in [3.63, 3.8) is 0 Å². The summed E-state index contributed by atoms with van der Waals surface area (Å²) in [6.07, 6.45) is 1.12. The molecule has 0 bridgehead atoms. The normalized spacial score (nSPS) is 12.2. The van der Waals surface area contributed by atoms with Gasteiger partial charge in [0.15, 0.2) is 0 Å². The lowest BCUT2D eigenvalue weighted by atomic mass is 10.1. The molecule has 0 aliphatic heterocycles. The minimum absolute atomic E-state index is 0.396. The third-order valence-electron chi connectivity index (χ3n) is 3.63. The van der Waals surface area contributed by atoms with E-state index in [4.69, 9.17) is 10.5 Å². The van der Waals surface area contributed by atoms with E-state index < -0.39 is 5.97 Å². The molecule has 0 saturated heterocycles. The molecule has 5 nitrogen and oxygen atoms in total. The van der Waals surface area contributed by atoms with Crippen molar-refractivity contribution in [2.45, 2.75) is 26.3 Å². The van der Waals surface area contributed by atoms with Gasteiger partial charge in [-0.15, -0.1) is 0 Å². The molecule has 1 aromatic carbocycles. The van der Waals surface area contributed by atoms with E-state index in [1.165, 1.54) is 7.11 Å². The van der Waals surface area contributed by atoms with Crippen molar-refractivity contribution in [1.29, 1.82) is 0 Å². The first kappa shape index (κ1) is 16.3. The van der Waals surface area contributed by atoms with Crippen LogP contribution in [0.1, 0.15) is 30.6 Å². The lowest BCUT2D eigenvalue weighted by Crippen LogP contribution is -2.32. The minimum Gasteiger partial charge on any atom is -0.465 e. The number of nitrogens with one attached hydrogen (secondary N) is 1. The molecule has 5 heteroatoms. The minimum atomic E-state index is -0.414. The third-order valence-corrected chi connectivity index (χ3v) is 3.63. The number of esters is 1. The number of anilines is 2. The van der Waals surface area contributed by atoms with Crippen molar-refractivity contribution in [2.24, 2.45) is 0 Å². The van der Waals surface area contributed by atoms with Gasteiger partial charge in [-0.2, -0.15) is 0 Å². The van der Waals surface area contributed by atoms with Gasteiger partial charge in [0.1, 0.15) is 0 Å². The number of carbonyl (C=O) groups is 1. The first-order chi connectivity index (χ1) is 9.51. The molecule has 0 saturated carbocycles. The monoisotopic (exact) mass is 279 g/mol. The van der Waals surface area contributed by atoms with Crippen LogP contribution < -0.4 is 11.1 Å². The van der Waals surface area contributed by atoms with Crippen LogP contribution in [0, 0.1) is 0 Å². The fourth-order valence-electron chi connectivity index (χ4n) is 1.91. The number of hydrogen-bond donors (Lipinski definition) is 2. The van der Waals surface area contributed by atoms with E-state index in [1.807, 2.05) is 6.07 Å². The van der Waals surface area contributed by atoms with Gasteiger partial charge < -0.3 is 20.7 Å². The predicted molar refractivity (Wildman–Crippen MR) is 83.1 cm³/mol.